The predicted molar refractivity (Wildman–Crippen MR) is 97.4 cm³/mol. The Morgan fingerprint density at radius 2 is 1.87 bits per heavy atom. The van der Waals surface area contributed by atoms with E-state index in [9.17, 15) is 0 Å². The Morgan fingerprint density at radius 3 is 2.52 bits per heavy atom. The Kier molecular flexibility index (Phi) is 3.57. The highest BCUT2D eigenvalue weighted by Gasteiger charge is 2.39. The summed E-state index contributed by atoms with van der Waals surface area (Å²) in [4.78, 5) is 2.12. The Hall–Kier alpha value is -1.60. The first-order valence-corrected chi connectivity index (χ1v) is 9.38. The molecule has 0 bridgehead atoms. The first kappa shape index (κ1) is 15.0. The van der Waals surface area contributed by atoms with Gasteiger partial charge in [0.2, 0.25) is 5.16 Å². The van der Waals surface area contributed by atoms with Crippen LogP contribution >= 0.6 is 23.5 Å². The van der Waals surface area contributed by atoms with Crippen molar-refractivity contribution in [1.29, 1.82) is 0 Å². The van der Waals surface area contributed by atoms with Crippen molar-refractivity contribution >= 4 is 29.2 Å². The molecule has 0 aliphatic carbocycles. The minimum Gasteiger partial charge on any atom is -0.378 e. The molecule has 7 heteroatoms. The average Bonchev–Trinajstić information content (AvgIpc) is 3.17. The van der Waals surface area contributed by atoms with Gasteiger partial charge in [0, 0.05) is 31.1 Å². The van der Waals surface area contributed by atoms with E-state index >= 15 is 0 Å². The molecule has 0 saturated heterocycles. The highest BCUT2D eigenvalue weighted by atomic mass is 32.2. The third kappa shape index (κ3) is 2.33. The summed E-state index contributed by atoms with van der Waals surface area (Å²) >= 11 is 3.54. The molecule has 3 heterocycles. The lowest BCUT2D eigenvalue weighted by Crippen LogP contribution is -2.31. The molecule has 1 aromatic heterocycles. The lowest BCUT2D eigenvalue weighted by molar-refractivity contribution is 0.582. The van der Waals surface area contributed by atoms with Crippen molar-refractivity contribution in [1.82, 2.24) is 14.9 Å². The summed E-state index contributed by atoms with van der Waals surface area (Å²) in [5, 5.41) is 15.7. The average molecular weight is 345 g/mol. The van der Waals surface area contributed by atoms with E-state index in [-0.39, 0.29) is 5.37 Å². The van der Waals surface area contributed by atoms with Crippen LogP contribution < -0.4 is 9.91 Å². The second-order valence-electron chi connectivity index (χ2n) is 6.18. The smallest absolute Gasteiger partial charge is 0.216 e. The monoisotopic (exact) mass is 345 g/mol. The fraction of sp³-hybridized carbons (Fsp3) is 0.375. The largest absolute Gasteiger partial charge is 0.378 e. The highest BCUT2D eigenvalue weighted by Crippen LogP contribution is 2.51. The molecule has 1 atom stereocenters. The maximum absolute atomic E-state index is 4.37. The van der Waals surface area contributed by atoms with Crippen molar-refractivity contribution in [2.24, 2.45) is 0 Å². The van der Waals surface area contributed by atoms with E-state index in [1.54, 1.807) is 11.8 Å². The van der Waals surface area contributed by atoms with Crippen LogP contribution in [0.5, 0.6) is 0 Å². The van der Waals surface area contributed by atoms with Crippen LogP contribution in [0.1, 0.15) is 36.5 Å². The van der Waals surface area contributed by atoms with Gasteiger partial charge in [-0.05, 0) is 29.5 Å². The van der Waals surface area contributed by atoms with E-state index in [2.05, 4.69) is 82.4 Å². The summed E-state index contributed by atoms with van der Waals surface area (Å²) in [5.74, 6) is 1.37. The van der Waals surface area contributed by atoms with Crippen molar-refractivity contribution < 1.29 is 0 Å². The Bertz CT molecular complexity index is 763. The topological polar surface area (TPSA) is 37.2 Å². The molecule has 0 spiro atoms. The van der Waals surface area contributed by atoms with Crippen LogP contribution in [0.4, 0.5) is 5.69 Å². The first-order valence-electron chi connectivity index (χ1n) is 7.62. The molecule has 0 fully saturated rings. The third-order valence-electron chi connectivity index (χ3n) is 4.00. The van der Waals surface area contributed by atoms with Crippen molar-refractivity contribution in [3.05, 3.63) is 46.1 Å². The molecule has 0 unspecified atom stereocenters. The summed E-state index contributed by atoms with van der Waals surface area (Å²) in [5.41, 5.74) is 2.51. The van der Waals surface area contributed by atoms with Gasteiger partial charge in [-0.2, -0.15) is 0 Å². The van der Waals surface area contributed by atoms with Crippen molar-refractivity contribution in [3.8, 4) is 0 Å². The van der Waals surface area contributed by atoms with Crippen LogP contribution in [-0.2, 0) is 0 Å². The highest BCUT2D eigenvalue weighted by molar-refractivity contribution is 8.07. The Labute approximate surface area is 144 Å². The maximum atomic E-state index is 4.37. The standard InChI is InChI=1S/C16H19N5S2/c1-10(2)14-17-18-16-21(14)20-13(23-16)9-22-15(20)11-5-7-12(8-6-11)19(3)4/h5-10,15H,1-4H3/t15-/m0/s1. The molecular formula is C16H19N5S2. The number of nitrogens with zero attached hydrogens (tertiary/aromatic N) is 5. The molecule has 2 aromatic rings. The second kappa shape index (κ2) is 5.49. The van der Waals surface area contributed by atoms with Gasteiger partial charge in [-0.1, -0.05) is 37.7 Å². The summed E-state index contributed by atoms with van der Waals surface area (Å²) < 4.78 is 2.19. The lowest BCUT2D eigenvalue weighted by atomic mass is 10.2. The van der Waals surface area contributed by atoms with E-state index in [1.165, 1.54) is 16.3 Å². The summed E-state index contributed by atoms with van der Waals surface area (Å²) in [7, 11) is 4.13. The molecule has 120 valence electrons. The number of thioether (sulfide) groups is 2. The maximum Gasteiger partial charge on any atom is 0.216 e. The van der Waals surface area contributed by atoms with E-state index in [0.717, 1.165) is 11.0 Å². The van der Waals surface area contributed by atoms with Gasteiger partial charge < -0.3 is 4.90 Å². The molecule has 2 aliphatic rings. The number of aromatic nitrogens is 3. The number of benzene rings is 1. The molecule has 5 nitrogen and oxygen atoms in total. The van der Waals surface area contributed by atoms with Gasteiger partial charge in [-0.3, -0.25) is 5.01 Å². The molecule has 0 radical (unpaired) electrons. The number of fused-ring (bicyclic) bond motifs is 3. The van der Waals surface area contributed by atoms with Crippen molar-refractivity contribution in [2.45, 2.75) is 30.3 Å². The Balaban J connectivity index is 1.70. The van der Waals surface area contributed by atoms with Crippen LogP contribution in [-0.4, -0.2) is 29.0 Å². The molecule has 0 saturated carbocycles. The van der Waals surface area contributed by atoms with Crippen LogP contribution in [0.2, 0.25) is 0 Å². The van der Waals surface area contributed by atoms with Gasteiger partial charge in [0.1, 0.15) is 10.4 Å². The van der Waals surface area contributed by atoms with E-state index in [0.29, 0.717) is 5.92 Å². The summed E-state index contributed by atoms with van der Waals surface area (Å²) in [6.45, 7) is 4.32. The number of rotatable bonds is 3. The van der Waals surface area contributed by atoms with Gasteiger partial charge >= 0.3 is 0 Å². The lowest BCUT2D eigenvalue weighted by Gasteiger charge is -2.27. The van der Waals surface area contributed by atoms with Crippen LogP contribution in [0.15, 0.2) is 39.9 Å². The van der Waals surface area contributed by atoms with Crippen LogP contribution in [0.25, 0.3) is 0 Å². The van der Waals surface area contributed by atoms with Gasteiger partial charge in [0.25, 0.3) is 0 Å². The van der Waals surface area contributed by atoms with Crippen LogP contribution in [0.3, 0.4) is 0 Å². The second-order valence-corrected chi connectivity index (χ2v) is 8.13. The molecule has 0 amide bonds. The first-order chi connectivity index (χ1) is 11.1. The van der Waals surface area contributed by atoms with Gasteiger partial charge in [0.15, 0.2) is 5.82 Å². The van der Waals surface area contributed by atoms with Crippen LogP contribution in [0, 0.1) is 0 Å². The zero-order valence-corrected chi connectivity index (χ0v) is 15.2. The van der Waals surface area contributed by atoms with E-state index < -0.39 is 0 Å². The predicted octanol–water partition coefficient (Wildman–Crippen LogP) is 3.76. The quantitative estimate of drug-likeness (QED) is 0.843. The molecule has 0 N–H and O–H groups in total. The number of hydrogen-bond donors (Lipinski definition) is 0. The Morgan fingerprint density at radius 1 is 1.13 bits per heavy atom. The fourth-order valence-electron chi connectivity index (χ4n) is 2.78. The van der Waals surface area contributed by atoms with Gasteiger partial charge in [-0.25, -0.2) is 4.68 Å². The third-order valence-corrected chi connectivity index (χ3v) is 6.19. The number of hydrogen-bond acceptors (Lipinski definition) is 6. The minimum atomic E-state index is 0.239. The summed E-state index contributed by atoms with van der Waals surface area (Å²) in [6.07, 6.45) is 0. The SMILES string of the molecule is CC(C)c1nnc2n1N1C(=CS[C@H]1c1ccc(N(C)C)cc1)S2. The zero-order chi connectivity index (χ0) is 16.1. The van der Waals surface area contributed by atoms with Crippen molar-refractivity contribution in [3.63, 3.8) is 0 Å². The summed E-state index contributed by atoms with van der Waals surface area (Å²) in [6, 6.07) is 8.78. The molecule has 4 rings (SSSR count). The minimum absolute atomic E-state index is 0.239. The van der Waals surface area contributed by atoms with Gasteiger partial charge in [-0.15, -0.1) is 10.2 Å². The molecule has 1 aromatic carbocycles. The number of anilines is 1. The van der Waals surface area contributed by atoms with Gasteiger partial charge in [0.05, 0.1) is 0 Å². The van der Waals surface area contributed by atoms with Crippen molar-refractivity contribution in [2.75, 3.05) is 24.0 Å². The molecular weight excluding hydrogens is 326 g/mol. The normalized spacial score (nSPS) is 19.1. The fourth-order valence-corrected chi connectivity index (χ4v) is 5.01. The molecule has 2 aliphatic heterocycles. The van der Waals surface area contributed by atoms with E-state index in [1.807, 2.05) is 11.8 Å². The zero-order valence-electron chi connectivity index (χ0n) is 13.6. The van der Waals surface area contributed by atoms with E-state index in [4.69, 9.17) is 0 Å². The molecule has 23 heavy (non-hydrogen) atoms.